The van der Waals surface area contributed by atoms with Gasteiger partial charge in [0.15, 0.2) is 17.3 Å². The predicted molar refractivity (Wildman–Crippen MR) is 81.0 cm³/mol. The van der Waals surface area contributed by atoms with Gasteiger partial charge >= 0.3 is 0 Å². The van der Waals surface area contributed by atoms with E-state index in [0.717, 1.165) is 5.56 Å². The topological polar surface area (TPSA) is 55.8 Å². The molecule has 0 heterocycles. The van der Waals surface area contributed by atoms with Gasteiger partial charge in [-0.1, -0.05) is 24.3 Å². The molecule has 4 nitrogen and oxygen atoms in total. The monoisotopic (exact) mass is 284 g/mol. The summed E-state index contributed by atoms with van der Waals surface area (Å²) in [6.45, 7) is 0. The third-order valence-corrected chi connectivity index (χ3v) is 2.98. The second-order valence-electron chi connectivity index (χ2n) is 4.33. The van der Waals surface area contributed by atoms with Crippen LogP contribution in [0.25, 0.3) is 6.08 Å². The van der Waals surface area contributed by atoms with Crippen molar-refractivity contribution in [3.8, 4) is 17.2 Å². The van der Waals surface area contributed by atoms with Crippen LogP contribution in [0.3, 0.4) is 0 Å². The summed E-state index contributed by atoms with van der Waals surface area (Å²) in [4.78, 5) is 12.1. The minimum absolute atomic E-state index is 0.0632. The highest BCUT2D eigenvalue weighted by Gasteiger charge is 2.08. The number of para-hydroxylation sites is 1. The van der Waals surface area contributed by atoms with Gasteiger partial charge in [-0.05, 0) is 30.4 Å². The molecule has 0 fully saturated rings. The molecule has 0 aliphatic carbocycles. The van der Waals surface area contributed by atoms with E-state index in [1.165, 1.54) is 18.2 Å². The molecule has 0 amide bonds. The van der Waals surface area contributed by atoms with Gasteiger partial charge in [-0.15, -0.1) is 0 Å². The van der Waals surface area contributed by atoms with Crippen LogP contribution >= 0.6 is 0 Å². The number of aromatic hydroxyl groups is 1. The summed E-state index contributed by atoms with van der Waals surface area (Å²) in [6.07, 6.45) is 3.10. The van der Waals surface area contributed by atoms with Gasteiger partial charge in [0.25, 0.3) is 0 Å². The Morgan fingerprint density at radius 3 is 2.52 bits per heavy atom. The summed E-state index contributed by atoms with van der Waals surface area (Å²) >= 11 is 0. The number of ether oxygens (including phenoxy) is 2. The highest BCUT2D eigenvalue weighted by Crippen LogP contribution is 2.31. The van der Waals surface area contributed by atoms with Crippen LogP contribution in [0.1, 0.15) is 15.9 Å². The summed E-state index contributed by atoms with van der Waals surface area (Å²) in [6, 6.07) is 11.7. The molecule has 2 rings (SSSR count). The smallest absolute Gasteiger partial charge is 0.185 e. The molecule has 0 atom stereocenters. The highest BCUT2D eigenvalue weighted by atomic mass is 16.5. The summed E-state index contributed by atoms with van der Waals surface area (Å²) in [5, 5.41) is 9.38. The third kappa shape index (κ3) is 3.42. The van der Waals surface area contributed by atoms with Gasteiger partial charge in [0.2, 0.25) is 0 Å². The van der Waals surface area contributed by atoms with Gasteiger partial charge in [-0.3, -0.25) is 4.79 Å². The molecule has 0 aliphatic rings. The normalized spacial score (nSPS) is 10.6. The molecule has 21 heavy (non-hydrogen) atoms. The second-order valence-corrected chi connectivity index (χ2v) is 4.33. The standard InChI is InChI=1S/C17H16O4/c1-20-16-8-4-5-12(17(16)21-2)9-10-15(19)13-6-3-7-14(18)11-13/h3-11,18H,1-2H3. The van der Waals surface area contributed by atoms with Crippen LogP contribution in [0.5, 0.6) is 17.2 Å². The van der Waals surface area contributed by atoms with Crippen molar-refractivity contribution in [1.29, 1.82) is 0 Å². The Hall–Kier alpha value is -2.75. The van der Waals surface area contributed by atoms with Crippen LogP contribution in [0.15, 0.2) is 48.5 Å². The number of benzene rings is 2. The van der Waals surface area contributed by atoms with Crippen molar-refractivity contribution < 1.29 is 19.4 Å². The Bertz CT molecular complexity index is 674. The van der Waals surface area contributed by atoms with Crippen LogP contribution in [0.4, 0.5) is 0 Å². The Morgan fingerprint density at radius 2 is 1.86 bits per heavy atom. The van der Waals surface area contributed by atoms with Gasteiger partial charge in [-0.25, -0.2) is 0 Å². The molecular weight excluding hydrogens is 268 g/mol. The fourth-order valence-electron chi connectivity index (χ4n) is 1.96. The maximum Gasteiger partial charge on any atom is 0.185 e. The number of carbonyl (C=O) groups is 1. The summed E-state index contributed by atoms with van der Waals surface area (Å²) < 4.78 is 10.5. The molecule has 0 aliphatic heterocycles. The van der Waals surface area contributed by atoms with E-state index in [1.54, 1.807) is 38.5 Å². The van der Waals surface area contributed by atoms with E-state index >= 15 is 0 Å². The fourth-order valence-corrected chi connectivity index (χ4v) is 1.96. The zero-order chi connectivity index (χ0) is 15.2. The molecule has 0 aromatic heterocycles. The van der Waals surface area contributed by atoms with Gasteiger partial charge in [0.1, 0.15) is 5.75 Å². The molecule has 0 saturated heterocycles. The summed E-state index contributed by atoms with van der Waals surface area (Å²) in [7, 11) is 3.11. The maximum absolute atomic E-state index is 12.1. The van der Waals surface area contributed by atoms with Gasteiger partial charge < -0.3 is 14.6 Å². The largest absolute Gasteiger partial charge is 0.508 e. The van der Waals surface area contributed by atoms with E-state index in [0.29, 0.717) is 17.1 Å². The number of phenolic OH excluding ortho intramolecular Hbond substituents is 1. The van der Waals surface area contributed by atoms with Crippen LogP contribution in [0, 0.1) is 0 Å². The summed E-state index contributed by atoms with van der Waals surface area (Å²) in [5.74, 6) is 1.04. The van der Waals surface area contributed by atoms with Crippen LogP contribution in [-0.2, 0) is 0 Å². The van der Waals surface area contributed by atoms with Crippen molar-refractivity contribution in [2.45, 2.75) is 0 Å². The third-order valence-electron chi connectivity index (χ3n) is 2.98. The Morgan fingerprint density at radius 1 is 1.10 bits per heavy atom. The van der Waals surface area contributed by atoms with Crippen molar-refractivity contribution in [2.24, 2.45) is 0 Å². The molecule has 0 spiro atoms. The molecule has 2 aromatic rings. The SMILES string of the molecule is COc1cccc(C=CC(=O)c2cccc(O)c2)c1OC. The van der Waals surface area contributed by atoms with Crippen molar-refractivity contribution >= 4 is 11.9 Å². The van der Waals surface area contributed by atoms with Gasteiger partial charge in [0, 0.05) is 11.1 Å². The van der Waals surface area contributed by atoms with Crippen molar-refractivity contribution in [1.82, 2.24) is 0 Å². The zero-order valence-corrected chi connectivity index (χ0v) is 11.9. The number of rotatable bonds is 5. The van der Waals surface area contributed by atoms with E-state index in [-0.39, 0.29) is 11.5 Å². The first kappa shape index (κ1) is 14.7. The molecule has 4 heteroatoms. The van der Waals surface area contributed by atoms with E-state index in [4.69, 9.17) is 9.47 Å². The van der Waals surface area contributed by atoms with E-state index < -0.39 is 0 Å². The summed E-state index contributed by atoms with van der Waals surface area (Å²) in [5.41, 5.74) is 1.17. The molecule has 0 unspecified atom stereocenters. The Balaban J connectivity index is 2.27. The Kier molecular flexibility index (Phi) is 4.61. The molecule has 1 N–H and O–H groups in total. The van der Waals surface area contributed by atoms with Crippen LogP contribution in [-0.4, -0.2) is 25.1 Å². The fraction of sp³-hybridized carbons (Fsp3) is 0.118. The molecule has 0 saturated carbocycles. The second kappa shape index (κ2) is 6.61. The number of allylic oxidation sites excluding steroid dienone is 1. The number of carbonyl (C=O) groups excluding carboxylic acids is 1. The zero-order valence-electron chi connectivity index (χ0n) is 11.9. The van der Waals surface area contributed by atoms with E-state index in [2.05, 4.69) is 0 Å². The molecule has 108 valence electrons. The lowest BCUT2D eigenvalue weighted by Gasteiger charge is -2.09. The van der Waals surface area contributed by atoms with Crippen molar-refractivity contribution in [2.75, 3.05) is 14.2 Å². The highest BCUT2D eigenvalue weighted by molar-refractivity contribution is 6.07. The average Bonchev–Trinajstić information content (AvgIpc) is 2.51. The van der Waals surface area contributed by atoms with Crippen molar-refractivity contribution in [3.63, 3.8) is 0 Å². The van der Waals surface area contributed by atoms with Crippen LogP contribution in [0.2, 0.25) is 0 Å². The Labute approximate surface area is 123 Å². The van der Waals surface area contributed by atoms with E-state index in [1.807, 2.05) is 12.1 Å². The van der Waals surface area contributed by atoms with Gasteiger partial charge in [-0.2, -0.15) is 0 Å². The lowest BCUT2D eigenvalue weighted by molar-refractivity contribution is 0.104. The van der Waals surface area contributed by atoms with Crippen molar-refractivity contribution in [3.05, 3.63) is 59.7 Å². The molecule has 0 bridgehead atoms. The quantitative estimate of drug-likeness (QED) is 0.676. The minimum atomic E-state index is -0.198. The number of hydrogen-bond donors (Lipinski definition) is 1. The van der Waals surface area contributed by atoms with E-state index in [9.17, 15) is 9.90 Å². The molecule has 2 aromatic carbocycles. The maximum atomic E-state index is 12.1. The average molecular weight is 284 g/mol. The molecular formula is C17H16O4. The number of ketones is 1. The minimum Gasteiger partial charge on any atom is -0.508 e. The molecule has 0 radical (unpaired) electrons. The first-order valence-corrected chi connectivity index (χ1v) is 6.38. The number of hydrogen-bond acceptors (Lipinski definition) is 4. The first-order valence-electron chi connectivity index (χ1n) is 6.38. The first-order chi connectivity index (χ1) is 10.2. The van der Waals surface area contributed by atoms with Crippen LogP contribution < -0.4 is 9.47 Å². The predicted octanol–water partition coefficient (Wildman–Crippen LogP) is 3.31. The number of methoxy groups -OCH3 is 2. The lowest BCUT2D eigenvalue weighted by atomic mass is 10.1. The lowest BCUT2D eigenvalue weighted by Crippen LogP contribution is -1.95. The van der Waals surface area contributed by atoms with Gasteiger partial charge in [0.05, 0.1) is 14.2 Å². The number of phenols is 1.